The Balaban J connectivity index is 2.16. The van der Waals surface area contributed by atoms with E-state index >= 15 is 0 Å². The Hall–Kier alpha value is -1.59. The molecule has 0 aliphatic carbocycles. The zero-order valence-electron chi connectivity index (χ0n) is 10.0. The van der Waals surface area contributed by atoms with Crippen molar-refractivity contribution in [1.29, 1.82) is 0 Å². The van der Waals surface area contributed by atoms with Crippen LogP contribution in [0.2, 0.25) is 0 Å². The maximum atomic E-state index is 11.6. The van der Waals surface area contributed by atoms with Crippen LogP contribution in [0.4, 0.5) is 0 Å². The fourth-order valence-electron chi connectivity index (χ4n) is 1.68. The number of carbonyl (C=O) groups is 3. The molecule has 1 fully saturated rings. The van der Waals surface area contributed by atoms with Crippen LogP contribution in [0.15, 0.2) is 0 Å². The zero-order valence-corrected chi connectivity index (χ0v) is 10.0. The largest absolute Gasteiger partial charge is 0.459 e. The molecule has 96 valence electrons. The molecule has 1 saturated heterocycles. The van der Waals surface area contributed by atoms with Gasteiger partial charge in [-0.15, -0.1) is 0 Å². The van der Waals surface area contributed by atoms with E-state index in [1.807, 2.05) is 0 Å². The lowest BCUT2D eigenvalue weighted by Gasteiger charge is -2.14. The van der Waals surface area contributed by atoms with Crippen molar-refractivity contribution in [2.45, 2.75) is 26.2 Å². The normalized spacial score (nSPS) is 14.5. The molecule has 17 heavy (non-hydrogen) atoms. The van der Waals surface area contributed by atoms with Gasteiger partial charge in [-0.25, -0.2) is 4.79 Å². The highest BCUT2D eigenvalue weighted by atomic mass is 16.5. The van der Waals surface area contributed by atoms with Gasteiger partial charge in [0.2, 0.25) is 5.91 Å². The first-order valence-electron chi connectivity index (χ1n) is 5.88. The summed E-state index contributed by atoms with van der Waals surface area (Å²) in [5.74, 6) is -1.67. The molecule has 2 amide bonds. The van der Waals surface area contributed by atoms with E-state index in [2.05, 4.69) is 10.1 Å². The van der Waals surface area contributed by atoms with Gasteiger partial charge in [0, 0.05) is 26.1 Å². The van der Waals surface area contributed by atoms with E-state index in [1.54, 1.807) is 11.8 Å². The molecule has 0 unspecified atom stereocenters. The maximum Gasteiger partial charge on any atom is 0.396 e. The number of nitrogens with zero attached hydrogens (tertiary/aromatic N) is 1. The molecular formula is C11H18N2O4. The molecule has 1 aliphatic heterocycles. The second kappa shape index (κ2) is 6.88. The van der Waals surface area contributed by atoms with E-state index in [0.29, 0.717) is 0 Å². The van der Waals surface area contributed by atoms with Crippen molar-refractivity contribution in [2.75, 3.05) is 26.2 Å². The summed E-state index contributed by atoms with van der Waals surface area (Å²) in [6.07, 6.45) is 2.31. The minimum Gasteiger partial charge on any atom is -0.459 e. The number of rotatable bonds is 4. The summed E-state index contributed by atoms with van der Waals surface area (Å²) in [6, 6.07) is 0. The van der Waals surface area contributed by atoms with E-state index in [0.717, 1.165) is 25.9 Å². The Morgan fingerprint density at radius 1 is 1.24 bits per heavy atom. The number of carbonyl (C=O) groups excluding carboxylic acids is 3. The molecule has 0 atom stereocenters. The summed E-state index contributed by atoms with van der Waals surface area (Å²) in [6.45, 7) is 3.56. The van der Waals surface area contributed by atoms with Gasteiger partial charge in [0.25, 0.3) is 0 Å². The lowest BCUT2D eigenvalue weighted by atomic mass is 10.3. The molecule has 0 aromatic rings. The fraction of sp³-hybridized carbons (Fsp3) is 0.727. The van der Waals surface area contributed by atoms with Crippen LogP contribution in [0.25, 0.3) is 0 Å². The SMILES string of the molecule is CCOC(=O)C(=O)NCCC(=O)N1CCCC1. The van der Waals surface area contributed by atoms with Crippen LogP contribution in [-0.2, 0) is 19.1 Å². The molecular weight excluding hydrogens is 224 g/mol. The van der Waals surface area contributed by atoms with Gasteiger partial charge < -0.3 is 15.0 Å². The third-order valence-corrected chi connectivity index (χ3v) is 2.54. The van der Waals surface area contributed by atoms with Crippen molar-refractivity contribution in [3.8, 4) is 0 Å². The van der Waals surface area contributed by atoms with Gasteiger partial charge in [-0.3, -0.25) is 9.59 Å². The van der Waals surface area contributed by atoms with Crippen LogP contribution >= 0.6 is 0 Å². The summed E-state index contributed by atoms with van der Waals surface area (Å²) >= 11 is 0. The predicted molar refractivity (Wildman–Crippen MR) is 60.1 cm³/mol. The minimum atomic E-state index is -0.902. The Labute approximate surface area is 100 Å². The summed E-state index contributed by atoms with van der Waals surface area (Å²) in [4.78, 5) is 35.4. The molecule has 0 spiro atoms. The molecule has 0 saturated carbocycles. The summed E-state index contributed by atoms with van der Waals surface area (Å²) < 4.78 is 4.51. The van der Waals surface area contributed by atoms with Crippen molar-refractivity contribution in [1.82, 2.24) is 10.2 Å². The molecule has 1 N–H and O–H groups in total. The van der Waals surface area contributed by atoms with E-state index in [9.17, 15) is 14.4 Å². The first kappa shape index (κ1) is 13.5. The number of hydrogen-bond acceptors (Lipinski definition) is 4. The number of ether oxygens (including phenoxy) is 1. The second-order valence-electron chi connectivity index (χ2n) is 3.81. The minimum absolute atomic E-state index is 0.0201. The van der Waals surface area contributed by atoms with Crippen LogP contribution in [0, 0.1) is 0 Å². The lowest BCUT2D eigenvalue weighted by molar-refractivity contribution is -0.154. The van der Waals surface area contributed by atoms with Crippen LogP contribution in [0.5, 0.6) is 0 Å². The fourth-order valence-corrected chi connectivity index (χ4v) is 1.68. The van der Waals surface area contributed by atoms with Crippen LogP contribution < -0.4 is 5.32 Å². The van der Waals surface area contributed by atoms with Gasteiger partial charge in [-0.1, -0.05) is 0 Å². The lowest BCUT2D eigenvalue weighted by Crippen LogP contribution is -2.36. The van der Waals surface area contributed by atoms with Crippen LogP contribution in [0.3, 0.4) is 0 Å². The van der Waals surface area contributed by atoms with E-state index in [4.69, 9.17) is 0 Å². The molecule has 0 aromatic heterocycles. The number of amides is 2. The Morgan fingerprint density at radius 2 is 1.88 bits per heavy atom. The van der Waals surface area contributed by atoms with E-state index < -0.39 is 11.9 Å². The number of nitrogens with one attached hydrogen (secondary N) is 1. The monoisotopic (exact) mass is 242 g/mol. The highest BCUT2D eigenvalue weighted by Gasteiger charge is 2.18. The standard InChI is InChI=1S/C11H18N2O4/c1-2-17-11(16)10(15)12-6-5-9(14)13-7-3-4-8-13/h2-8H2,1H3,(H,12,15). The topological polar surface area (TPSA) is 75.7 Å². The van der Waals surface area contributed by atoms with Gasteiger partial charge in [-0.2, -0.15) is 0 Å². The third kappa shape index (κ3) is 4.42. The van der Waals surface area contributed by atoms with E-state index in [-0.39, 0.29) is 25.5 Å². The van der Waals surface area contributed by atoms with Gasteiger partial charge >= 0.3 is 11.9 Å². The number of esters is 1. The molecule has 1 aliphatic rings. The third-order valence-electron chi connectivity index (χ3n) is 2.54. The quantitative estimate of drug-likeness (QED) is 0.541. The average molecular weight is 242 g/mol. The van der Waals surface area contributed by atoms with E-state index in [1.165, 1.54) is 0 Å². The van der Waals surface area contributed by atoms with Crippen molar-refractivity contribution < 1.29 is 19.1 Å². The van der Waals surface area contributed by atoms with Crippen molar-refractivity contribution in [2.24, 2.45) is 0 Å². The average Bonchev–Trinajstić information content (AvgIpc) is 2.82. The summed E-state index contributed by atoms with van der Waals surface area (Å²) in [5.41, 5.74) is 0. The first-order chi connectivity index (χ1) is 8.15. The summed E-state index contributed by atoms with van der Waals surface area (Å²) in [5, 5.41) is 2.36. The van der Waals surface area contributed by atoms with Crippen molar-refractivity contribution >= 4 is 17.8 Å². The highest BCUT2D eigenvalue weighted by molar-refractivity contribution is 6.32. The first-order valence-corrected chi connectivity index (χ1v) is 5.88. The summed E-state index contributed by atoms with van der Waals surface area (Å²) in [7, 11) is 0. The van der Waals surface area contributed by atoms with Crippen molar-refractivity contribution in [3.63, 3.8) is 0 Å². The van der Waals surface area contributed by atoms with Crippen molar-refractivity contribution in [3.05, 3.63) is 0 Å². The van der Waals surface area contributed by atoms with Gasteiger partial charge in [0.1, 0.15) is 0 Å². The molecule has 1 heterocycles. The molecule has 0 bridgehead atoms. The van der Waals surface area contributed by atoms with Crippen LogP contribution in [0.1, 0.15) is 26.2 Å². The molecule has 0 radical (unpaired) electrons. The Morgan fingerprint density at radius 3 is 2.47 bits per heavy atom. The zero-order chi connectivity index (χ0) is 12.7. The smallest absolute Gasteiger partial charge is 0.396 e. The van der Waals surface area contributed by atoms with Gasteiger partial charge in [0.05, 0.1) is 6.61 Å². The number of likely N-dealkylation sites (tertiary alicyclic amines) is 1. The Kier molecular flexibility index (Phi) is 5.45. The van der Waals surface area contributed by atoms with Gasteiger partial charge in [-0.05, 0) is 19.8 Å². The second-order valence-corrected chi connectivity index (χ2v) is 3.81. The van der Waals surface area contributed by atoms with Crippen LogP contribution in [-0.4, -0.2) is 48.9 Å². The molecule has 1 rings (SSSR count). The molecule has 6 heteroatoms. The number of hydrogen-bond donors (Lipinski definition) is 1. The van der Waals surface area contributed by atoms with Gasteiger partial charge in [0.15, 0.2) is 0 Å². The predicted octanol–water partition coefficient (Wildman–Crippen LogP) is -0.322. The highest BCUT2D eigenvalue weighted by Crippen LogP contribution is 2.08. The Bertz CT molecular complexity index is 298. The molecule has 6 nitrogen and oxygen atoms in total. The molecule has 0 aromatic carbocycles. The maximum absolute atomic E-state index is 11.6.